The van der Waals surface area contributed by atoms with Crippen LogP contribution in [0.3, 0.4) is 0 Å². The maximum absolute atomic E-state index is 13.1. The van der Waals surface area contributed by atoms with Crippen molar-refractivity contribution in [2.24, 2.45) is 0 Å². The van der Waals surface area contributed by atoms with E-state index in [2.05, 4.69) is 58.2 Å². The van der Waals surface area contributed by atoms with Crippen LogP contribution in [0.5, 0.6) is 0 Å². The van der Waals surface area contributed by atoms with E-state index in [1.54, 1.807) is 36.4 Å². The summed E-state index contributed by atoms with van der Waals surface area (Å²) >= 11 is -3.30. The number of esters is 2. The molecule has 18 heteroatoms. The third kappa shape index (κ3) is 17.7. The molecule has 0 bridgehead atoms. The van der Waals surface area contributed by atoms with Crippen molar-refractivity contribution in [1.29, 1.82) is 0 Å². The van der Waals surface area contributed by atoms with Gasteiger partial charge in [-0.2, -0.15) is 0 Å². The Kier molecular flexibility index (Phi) is 22.0. The molecule has 6 atom stereocenters. The number of halogens is 1. The fourth-order valence-corrected chi connectivity index (χ4v) is 9.38. The molecule has 6 unspecified atom stereocenters. The summed E-state index contributed by atoms with van der Waals surface area (Å²) in [6.45, 7) is 7.82. The lowest BCUT2D eigenvalue weighted by Gasteiger charge is -2.38. The fourth-order valence-electron chi connectivity index (χ4n) is 8.57. The Morgan fingerprint density at radius 1 is 0.638 bits per heavy atom. The van der Waals surface area contributed by atoms with Gasteiger partial charge in [-0.1, -0.05) is 125 Å². The Hall–Kier alpha value is -5.04. The molecule has 0 saturated carbocycles. The number of rotatable bonds is 20. The normalized spacial score (nSPS) is 19.9. The minimum atomic E-state index is -3.19. The second kappa shape index (κ2) is 26.8. The number of cyclic esters (lactones) is 2. The number of ether oxygens (including phenoxy) is 2. The first-order valence-electron chi connectivity index (χ1n) is 22.7. The fraction of sp³-hybridized carbons (Fsp3) is 0.412. The van der Waals surface area contributed by atoms with Crippen molar-refractivity contribution in [3.8, 4) is 0 Å². The quantitative estimate of drug-likeness (QED) is 0.0482. The summed E-state index contributed by atoms with van der Waals surface area (Å²) in [5, 5.41) is 22.0. The molecule has 0 fully saturated rings. The van der Waals surface area contributed by atoms with E-state index in [1.807, 2.05) is 62.4 Å². The van der Waals surface area contributed by atoms with Crippen molar-refractivity contribution in [1.82, 2.24) is 0 Å². The topological polar surface area (TPSA) is 204 Å². The molecule has 4 aromatic carbocycles. The third-order valence-corrected chi connectivity index (χ3v) is 13.2. The summed E-state index contributed by atoms with van der Waals surface area (Å²) in [6.07, 6.45) is 7.50. The zero-order chi connectivity index (χ0) is 50.8. The molecule has 4 aromatic rings. The summed E-state index contributed by atoms with van der Waals surface area (Å²) in [4.78, 5) is 26.2. The zero-order valence-corrected chi connectivity index (χ0v) is 43.4. The van der Waals surface area contributed by atoms with Gasteiger partial charge in [-0.3, -0.25) is 17.8 Å². The van der Waals surface area contributed by atoms with Gasteiger partial charge in [0.1, 0.15) is 22.7 Å². The van der Waals surface area contributed by atoms with Gasteiger partial charge in [0.05, 0.1) is 31.6 Å². The van der Waals surface area contributed by atoms with Crippen LogP contribution in [0.25, 0.3) is 0 Å². The lowest BCUT2D eigenvalue weighted by atomic mass is 9.81. The maximum Gasteiger partial charge on any atom is 0.338 e. The average molecular weight is 1030 g/mol. The Morgan fingerprint density at radius 2 is 0.986 bits per heavy atom. The molecule has 0 saturated heterocycles. The minimum absolute atomic E-state index is 0.0918. The molecule has 4 N–H and O–H groups in total. The molecule has 2 aliphatic heterocycles. The molecule has 0 aromatic heterocycles. The highest BCUT2D eigenvalue weighted by molar-refractivity contribution is 8.13. The lowest BCUT2D eigenvalue weighted by Crippen LogP contribution is -2.41. The van der Waals surface area contributed by atoms with Crippen molar-refractivity contribution in [3.05, 3.63) is 154 Å². The van der Waals surface area contributed by atoms with Crippen molar-refractivity contribution in [2.45, 2.75) is 115 Å². The minimum Gasteiger partial charge on any atom is -0.512 e. The van der Waals surface area contributed by atoms with Crippen LogP contribution in [-0.4, -0.2) is 70.7 Å². The highest BCUT2D eigenvalue weighted by atomic mass is 35.7. The Morgan fingerprint density at radius 3 is 1.29 bits per heavy atom. The first kappa shape index (κ1) is 56.5. The van der Waals surface area contributed by atoms with Gasteiger partial charge in [0.2, 0.25) is 9.05 Å². The van der Waals surface area contributed by atoms with Gasteiger partial charge in [0.15, 0.2) is 0 Å². The smallest absolute Gasteiger partial charge is 0.338 e. The van der Waals surface area contributed by atoms with Crippen LogP contribution < -0.4 is 9.44 Å². The van der Waals surface area contributed by atoms with Crippen molar-refractivity contribution < 1.29 is 54.5 Å². The van der Waals surface area contributed by atoms with Crippen LogP contribution in [0, 0.1) is 0 Å². The van der Waals surface area contributed by atoms with Crippen molar-refractivity contribution >= 4 is 65.6 Å². The first-order valence-corrected chi connectivity index (χ1v) is 27.5. The summed E-state index contributed by atoms with van der Waals surface area (Å²) in [5.41, 5.74) is 4.31. The second-order valence-corrected chi connectivity index (χ2v) is 22.1. The SMILES string of the molecule is CCCC1(CCc2ccccc2)CC(O)=C(C(C)c2cccc(NS(=O)OC)c2)C(=O)O1.CCCC1(CCc2ccccc2)CC(O)=C(C(C)c2cccc(NS(=O)OC)c2)C(=O)O1.CS(=O)(=O)Cl. The van der Waals surface area contributed by atoms with E-state index in [1.165, 1.54) is 25.3 Å². The van der Waals surface area contributed by atoms with Gasteiger partial charge in [0, 0.05) is 46.7 Å². The van der Waals surface area contributed by atoms with Gasteiger partial charge < -0.3 is 19.7 Å². The van der Waals surface area contributed by atoms with Crippen LogP contribution in [-0.2, 0) is 71.9 Å². The van der Waals surface area contributed by atoms with Crippen LogP contribution >= 0.6 is 10.7 Å². The summed E-state index contributed by atoms with van der Waals surface area (Å²) in [5.74, 6) is -1.52. The van der Waals surface area contributed by atoms with Gasteiger partial charge >= 0.3 is 11.9 Å². The molecule has 14 nitrogen and oxygen atoms in total. The van der Waals surface area contributed by atoms with E-state index in [0.29, 0.717) is 49.9 Å². The molecule has 2 heterocycles. The number of carbonyl (C=O) groups is 2. The van der Waals surface area contributed by atoms with E-state index in [-0.39, 0.29) is 34.5 Å². The van der Waals surface area contributed by atoms with E-state index >= 15 is 0 Å². The summed E-state index contributed by atoms with van der Waals surface area (Å²) in [7, 11) is 4.00. The van der Waals surface area contributed by atoms with Crippen molar-refractivity contribution in [3.63, 3.8) is 0 Å². The molecule has 2 aliphatic rings. The Labute approximate surface area is 416 Å². The average Bonchev–Trinajstić information content (AvgIpc) is 3.30. The highest BCUT2D eigenvalue weighted by Crippen LogP contribution is 2.42. The van der Waals surface area contributed by atoms with E-state index in [0.717, 1.165) is 43.1 Å². The summed E-state index contributed by atoms with van der Waals surface area (Å²) < 4.78 is 69.0. The molecular formula is C51H65ClN2O12S3. The predicted octanol–water partition coefficient (Wildman–Crippen LogP) is 10.9. The monoisotopic (exact) mass is 1030 g/mol. The van der Waals surface area contributed by atoms with Gasteiger partial charge in [0.25, 0.3) is 22.5 Å². The number of hydrogen-bond acceptors (Lipinski definition) is 12. The van der Waals surface area contributed by atoms with Gasteiger partial charge in [-0.05, 0) is 85.0 Å². The lowest BCUT2D eigenvalue weighted by molar-refractivity contribution is -0.162. The number of aliphatic hydroxyl groups excluding tert-OH is 2. The predicted molar refractivity (Wildman–Crippen MR) is 273 cm³/mol. The van der Waals surface area contributed by atoms with Crippen molar-refractivity contribution in [2.75, 3.05) is 29.9 Å². The Balaban J connectivity index is 0.000000274. The molecule has 0 amide bonds. The number of carbonyl (C=O) groups excluding carboxylic acids is 2. The first-order chi connectivity index (χ1) is 32.7. The molecule has 69 heavy (non-hydrogen) atoms. The molecule has 0 aliphatic carbocycles. The van der Waals surface area contributed by atoms with E-state index in [4.69, 9.17) is 17.8 Å². The molecular weight excluding hydrogens is 964 g/mol. The zero-order valence-electron chi connectivity index (χ0n) is 40.2. The number of aryl methyl sites for hydroxylation is 2. The number of benzene rings is 4. The number of hydrogen-bond donors (Lipinski definition) is 4. The largest absolute Gasteiger partial charge is 0.512 e. The van der Waals surface area contributed by atoms with Gasteiger partial charge in [-0.15, -0.1) is 0 Å². The second-order valence-electron chi connectivity index (χ2n) is 17.1. The third-order valence-electron chi connectivity index (χ3n) is 11.8. The van der Waals surface area contributed by atoms with Crippen LogP contribution in [0.4, 0.5) is 11.4 Å². The number of anilines is 2. The number of aliphatic hydroxyl groups is 2. The standard InChI is InChI=1S/2C25H31NO5S.CH3ClO2S/c2*1-4-14-25(15-13-19-9-6-5-7-10-19)17-22(27)23(24(28)31-25)18(2)20-11-8-12-21(16-20)26-32(29)30-3;1-5(2,3)4/h2*5-12,16,18,26-27H,4,13-15,17H2,1-3H3;1H3. The van der Waals surface area contributed by atoms with Crippen LogP contribution in [0.1, 0.15) is 113 Å². The number of nitrogens with one attached hydrogen (secondary N) is 2. The van der Waals surface area contributed by atoms with E-state index < -0.39 is 54.7 Å². The molecule has 0 radical (unpaired) electrons. The molecule has 0 spiro atoms. The van der Waals surface area contributed by atoms with Crippen LogP contribution in [0.2, 0.25) is 0 Å². The maximum atomic E-state index is 13.1. The molecule has 376 valence electrons. The highest BCUT2D eigenvalue weighted by Gasteiger charge is 2.44. The molecule has 6 rings (SSSR count). The van der Waals surface area contributed by atoms with E-state index in [9.17, 15) is 36.6 Å². The Bertz CT molecular complexity index is 2390. The summed E-state index contributed by atoms with van der Waals surface area (Å²) in [6, 6.07) is 34.6. The van der Waals surface area contributed by atoms with Crippen LogP contribution in [0.15, 0.2) is 132 Å². The van der Waals surface area contributed by atoms with Gasteiger partial charge in [-0.25, -0.2) is 26.4 Å².